The topological polar surface area (TPSA) is 89.5 Å². The van der Waals surface area contributed by atoms with Crippen LogP contribution in [0.3, 0.4) is 0 Å². The third-order valence-electron chi connectivity index (χ3n) is 4.57. The lowest BCUT2D eigenvalue weighted by Crippen LogP contribution is -2.43. The average Bonchev–Trinajstić information content (AvgIpc) is 2.97. The molecule has 1 aliphatic rings. The van der Waals surface area contributed by atoms with Crippen LogP contribution in [0.2, 0.25) is 0 Å². The van der Waals surface area contributed by atoms with Crippen molar-refractivity contribution in [1.29, 1.82) is 0 Å². The minimum atomic E-state index is -3.85. The smallest absolute Gasteiger partial charge is 0.183 e. The lowest BCUT2D eigenvalue weighted by Gasteiger charge is -2.20. The Bertz CT molecular complexity index is 1000. The van der Waals surface area contributed by atoms with Gasteiger partial charge < -0.3 is 10.1 Å². The molecular weight excluding hydrogens is 393 g/mol. The Labute approximate surface area is 158 Å². The van der Waals surface area contributed by atoms with Crippen LogP contribution in [0, 0.1) is 5.82 Å². The SMILES string of the molecule is COc1ccc(S(=O)(=O)[C@H]2CS(=O)(=O)C[C@@H]2NCc2ccc(F)cc2)cc1. The predicted molar refractivity (Wildman–Crippen MR) is 99.6 cm³/mol. The van der Waals surface area contributed by atoms with Crippen molar-refractivity contribution in [2.75, 3.05) is 18.6 Å². The van der Waals surface area contributed by atoms with E-state index in [0.717, 1.165) is 5.56 Å². The fourth-order valence-corrected chi connectivity index (χ4v) is 7.82. The molecule has 146 valence electrons. The van der Waals surface area contributed by atoms with Gasteiger partial charge in [0.05, 0.1) is 28.8 Å². The van der Waals surface area contributed by atoms with Gasteiger partial charge in [-0.2, -0.15) is 0 Å². The molecule has 0 spiro atoms. The molecule has 0 saturated carbocycles. The normalized spacial score (nSPS) is 21.9. The van der Waals surface area contributed by atoms with Gasteiger partial charge in [-0.3, -0.25) is 0 Å². The summed E-state index contributed by atoms with van der Waals surface area (Å²) < 4.78 is 68.2. The van der Waals surface area contributed by atoms with Crippen LogP contribution < -0.4 is 10.1 Å². The summed E-state index contributed by atoms with van der Waals surface area (Å²) in [6.45, 7) is 0.245. The Hall–Kier alpha value is -1.97. The molecule has 0 bridgehead atoms. The molecule has 1 saturated heterocycles. The summed E-state index contributed by atoms with van der Waals surface area (Å²) in [5, 5.41) is 1.93. The quantitative estimate of drug-likeness (QED) is 0.773. The van der Waals surface area contributed by atoms with Gasteiger partial charge in [0.25, 0.3) is 0 Å². The molecule has 0 unspecified atom stereocenters. The molecule has 0 radical (unpaired) electrons. The van der Waals surface area contributed by atoms with Crippen molar-refractivity contribution in [3.8, 4) is 5.75 Å². The number of ether oxygens (including phenoxy) is 1. The van der Waals surface area contributed by atoms with E-state index >= 15 is 0 Å². The van der Waals surface area contributed by atoms with Gasteiger partial charge in [-0.05, 0) is 42.0 Å². The van der Waals surface area contributed by atoms with Crippen LogP contribution in [0.15, 0.2) is 53.4 Å². The van der Waals surface area contributed by atoms with Crippen LogP contribution in [0.1, 0.15) is 5.56 Å². The largest absolute Gasteiger partial charge is 0.497 e. The van der Waals surface area contributed by atoms with Gasteiger partial charge in [0.2, 0.25) is 0 Å². The summed E-state index contributed by atoms with van der Waals surface area (Å²) in [4.78, 5) is 0.0546. The van der Waals surface area contributed by atoms with Crippen LogP contribution in [-0.4, -0.2) is 46.7 Å². The number of halogens is 1. The summed E-state index contributed by atoms with van der Waals surface area (Å²) in [6.07, 6.45) is 0. The second-order valence-electron chi connectivity index (χ2n) is 6.45. The molecule has 1 aliphatic heterocycles. The average molecular weight is 413 g/mol. The Morgan fingerprint density at radius 3 is 2.30 bits per heavy atom. The first-order valence-electron chi connectivity index (χ1n) is 8.27. The first-order chi connectivity index (χ1) is 12.7. The lowest BCUT2D eigenvalue weighted by atomic mass is 10.2. The summed E-state index contributed by atoms with van der Waals surface area (Å²) in [7, 11) is -5.86. The summed E-state index contributed by atoms with van der Waals surface area (Å²) in [5.41, 5.74) is 0.737. The van der Waals surface area contributed by atoms with Crippen LogP contribution in [0.4, 0.5) is 4.39 Å². The van der Waals surface area contributed by atoms with E-state index in [2.05, 4.69) is 5.32 Å². The Morgan fingerprint density at radius 1 is 1.07 bits per heavy atom. The van der Waals surface area contributed by atoms with Crippen molar-refractivity contribution >= 4 is 19.7 Å². The summed E-state index contributed by atoms with van der Waals surface area (Å²) >= 11 is 0. The van der Waals surface area contributed by atoms with E-state index in [1.807, 2.05) is 0 Å². The second-order valence-corrected chi connectivity index (χ2v) is 10.8. The molecule has 27 heavy (non-hydrogen) atoms. The molecule has 9 heteroatoms. The van der Waals surface area contributed by atoms with E-state index in [-0.39, 0.29) is 23.0 Å². The number of rotatable bonds is 6. The molecule has 1 fully saturated rings. The van der Waals surface area contributed by atoms with E-state index in [9.17, 15) is 21.2 Å². The minimum Gasteiger partial charge on any atom is -0.497 e. The summed E-state index contributed by atoms with van der Waals surface area (Å²) in [6, 6.07) is 10.9. The second kappa shape index (κ2) is 7.57. The van der Waals surface area contributed by atoms with E-state index < -0.39 is 36.7 Å². The molecule has 2 aromatic rings. The van der Waals surface area contributed by atoms with Crippen LogP contribution in [-0.2, 0) is 26.2 Å². The number of hydrogen-bond donors (Lipinski definition) is 1. The predicted octanol–water partition coefficient (Wildman–Crippen LogP) is 1.56. The maximum absolute atomic E-state index is 13.0. The zero-order valence-electron chi connectivity index (χ0n) is 14.6. The van der Waals surface area contributed by atoms with Gasteiger partial charge in [0.15, 0.2) is 19.7 Å². The van der Waals surface area contributed by atoms with E-state index in [1.54, 1.807) is 12.1 Å². The molecule has 6 nitrogen and oxygen atoms in total. The highest BCUT2D eigenvalue weighted by molar-refractivity contribution is 7.96. The minimum absolute atomic E-state index is 0.0546. The number of methoxy groups -OCH3 is 1. The highest BCUT2D eigenvalue weighted by Gasteiger charge is 2.45. The maximum atomic E-state index is 13.0. The fraction of sp³-hybridized carbons (Fsp3) is 0.333. The molecule has 1 N–H and O–H groups in total. The van der Waals surface area contributed by atoms with Gasteiger partial charge in [0, 0.05) is 12.6 Å². The molecule has 2 aromatic carbocycles. The van der Waals surface area contributed by atoms with Gasteiger partial charge in [-0.25, -0.2) is 21.2 Å². The van der Waals surface area contributed by atoms with Crippen molar-refractivity contribution in [2.24, 2.45) is 0 Å². The Balaban J connectivity index is 1.82. The van der Waals surface area contributed by atoms with Crippen LogP contribution in [0.5, 0.6) is 5.75 Å². The maximum Gasteiger partial charge on any atom is 0.183 e. The van der Waals surface area contributed by atoms with Crippen molar-refractivity contribution in [1.82, 2.24) is 5.32 Å². The molecule has 0 amide bonds. The number of hydrogen-bond acceptors (Lipinski definition) is 6. The molecule has 3 rings (SSSR count). The standard InChI is InChI=1S/C18H20FNO5S2/c1-25-15-6-8-16(9-7-15)27(23,24)18-12-26(21,22)11-17(18)20-10-13-2-4-14(19)5-3-13/h2-9,17-18,20H,10-12H2,1H3/t17-,18-/m0/s1. The number of nitrogens with one attached hydrogen (secondary N) is 1. The van der Waals surface area contributed by atoms with Gasteiger partial charge in [-0.1, -0.05) is 12.1 Å². The Morgan fingerprint density at radius 2 is 1.70 bits per heavy atom. The van der Waals surface area contributed by atoms with E-state index in [1.165, 1.54) is 43.5 Å². The monoisotopic (exact) mass is 413 g/mol. The Kier molecular flexibility index (Phi) is 5.55. The van der Waals surface area contributed by atoms with E-state index in [4.69, 9.17) is 4.74 Å². The number of sulfone groups is 2. The van der Waals surface area contributed by atoms with Crippen molar-refractivity contribution in [3.05, 3.63) is 59.9 Å². The molecule has 1 heterocycles. The zero-order valence-corrected chi connectivity index (χ0v) is 16.3. The third kappa shape index (κ3) is 4.48. The highest BCUT2D eigenvalue weighted by Crippen LogP contribution is 2.27. The van der Waals surface area contributed by atoms with E-state index in [0.29, 0.717) is 5.75 Å². The fourth-order valence-electron chi connectivity index (χ4n) is 3.10. The van der Waals surface area contributed by atoms with Crippen LogP contribution >= 0.6 is 0 Å². The molecular formula is C18H20FNO5S2. The highest BCUT2D eigenvalue weighted by atomic mass is 32.2. The third-order valence-corrected chi connectivity index (χ3v) is 8.74. The van der Waals surface area contributed by atoms with Crippen molar-refractivity contribution in [2.45, 2.75) is 22.7 Å². The number of benzene rings is 2. The first-order valence-corrected chi connectivity index (χ1v) is 11.6. The van der Waals surface area contributed by atoms with Gasteiger partial charge in [0.1, 0.15) is 11.6 Å². The molecule has 2 atom stereocenters. The first kappa shape index (κ1) is 19.8. The van der Waals surface area contributed by atoms with Gasteiger partial charge >= 0.3 is 0 Å². The van der Waals surface area contributed by atoms with Crippen LogP contribution in [0.25, 0.3) is 0 Å². The lowest BCUT2D eigenvalue weighted by molar-refractivity contribution is 0.414. The van der Waals surface area contributed by atoms with Gasteiger partial charge in [-0.15, -0.1) is 0 Å². The molecule has 0 aliphatic carbocycles. The molecule has 0 aromatic heterocycles. The zero-order chi connectivity index (χ0) is 19.7. The summed E-state index contributed by atoms with van der Waals surface area (Å²) in [5.74, 6) is -0.544. The van der Waals surface area contributed by atoms with Crippen molar-refractivity contribution < 1.29 is 26.0 Å². The van der Waals surface area contributed by atoms with Crippen molar-refractivity contribution in [3.63, 3.8) is 0 Å².